The van der Waals surface area contributed by atoms with Crippen LogP contribution in [-0.2, 0) is 0 Å². The highest BCUT2D eigenvalue weighted by Gasteiger charge is 2.41. The largest absolute Gasteiger partial charge is 0.493 e. The molecular weight excluding hydrogens is 246 g/mol. The predicted molar refractivity (Wildman–Crippen MR) is 73.3 cm³/mol. The molecule has 0 aliphatic carbocycles. The number of carbonyl (C=O) groups excluding carboxylic acids is 1. The number of fused-ring (bicyclic) bond motifs is 2. The summed E-state index contributed by atoms with van der Waals surface area (Å²) in [7, 11) is 0. The van der Waals surface area contributed by atoms with E-state index in [1.807, 2.05) is 47.9 Å². The minimum Gasteiger partial charge on any atom is -0.493 e. The predicted octanol–water partition coefficient (Wildman–Crippen LogP) is 2.42. The molecule has 2 atom stereocenters. The molecule has 3 nitrogen and oxygen atoms in total. The van der Waals surface area contributed by atoms with Crippen LogP contribution < -0.4 is 4.74 Å². The van der Waals surface area contributed by atoms with Crippen molar-refractivity contribution in [1.29, 1.82) is 0 Å². The topological polar surface area (TPSA) is 29.5 Å². The lowest BCUT2D eigenvalue weighted by molar-refractivity contribution is 0.0743. The van der Waals surface area contributed by atoms with Gasteiger partial charge in [0.05, 0.1) is 12.2 Å². The first-order valence-electron chi connectivity index (χ1n) is 6.44. The van der Waals surface area contributed by atoms with E-state index >= 15 is 0 Å². The van der Waals surface area contributed by atoms with Gasteiger partial charge in [0.1, 0.15) is 5.75 Å². The van der Waals surface area contributed by atoms with Crippen LogP contribution in [-0.4, -0.2) is 41.0 Å². The molecule has 1 aromatic rings. The minimum atomic E-state index is 0.131. The molecule has 2 aliphatic heterocycles. The van der Waals surface area contributed by atoms with Gasteiger partial charge in [-0.15, -0.1) is 0 Å². The smallest absolute Gasteiger partial charge is 0.257 e. The number of benzene rings is 1. The normalized spacial score (nSPS) is 25.5. The SMILES string of the molecule is CCOc1ccccc1C(=O)N1CC2CC1CS2. The summed E-state index contributed by atoms with van der Waals surface area (Å²) in [4.78, 5) is 14.6. The van der Waals surface area contributed by atoms with Gasteiger partial charge in [0.25, 0.3) is 5.91 Å². The summed E-state index contributed by atoms with van der Waals surface area (Å²) in [6, 6.07) is 7.99. The van der Waals surface area contributed by atoms with Gasteiger partial charge in [-0.1, -0.05) is 12.1 Å². The van der Waals surface area contributed by atoms with Crippen LogP contribution in [0.1, 0.15) is 23.7 Å². The summed E-state index contributed by atoms with van der Waals surface area (Å²) in [6.07, 6.45) is 1.16. The number of amides is 1. The second-order valence-electron chi connectivity index (χ2n) is 4.73. The molecule has 2 saturated heterocycles. The summed E-state index contributed by atoms with van der Waals surface area (Å²) in [5.74, 6) is 1.93. The first kappa shape index (κ1) is 11.9. The third kappa shape index (κ3) is 1.99. The number of likely N-dealkylation sites (tertiary alicyclic amines) is 1. The van der Waals surface area contributed by atoms with E-state index in [-0.39, 0.29) is 5.91 Å². The van der Waals surface area contributed by atoms with Gasteiger partial charge in [0.15, 0.2) is 0 Å². The minimum absolute atomic E-state index is 0.131. The van der Waals surface area contributed by atoms with E-state index in [4.69, 9.17) is 4.74 Å². The average Bonchev–Trinajstić information content (AvgIpc) is 3.01. The fourth-order valence-electron chi connectivity index (χ4n) is 2.73. The first-order chi connectivity index (χ1) is 8.79. The van der Waals surface area contributed by atoms with E-state index in [9.17, 15) is 4.79 Å². The van der Waals surface area contributed by atoms with Gasteiger partial charge in [-0.05, 0) is 25.5 Å². The maximum atomic E-state index is 12.6. The van der Waals surface area contributed by atoms with Gasteiger partial charge in [0.2, 0.25) is 0 Å². The molecule has 0 N–H and O–H groups in total. The van der Waals surface area contributed by atoms with Crippen molar-refractivity contribution < 1.29 is 9.53 Å². The first-order valence-corrected chi connectivity index (χ1v) is 7.49. The van der Waals surface area contributed by atoms with Crippen molar-refractivity contribution in [3.8, 4) is 5.75 Å². The highest BCUT2D eigenvalue weighted by Crippen LogP contribution is 2.38. The fraction of sp³-hybridized carbons (Fsp3) is 0.500. The lowest BCUT2D eigenvalue weighted by Gasteiger charge is -2.27. The Morgan fingerprint density at radius 2 is 2.33 bits per heavy atom. The Morgan fingerprint density at radius 3 is 3.00 bits per heavy atom. The Bertz CT molecular complexity index is 463. The number of rotatable bonds is 3. The van der Waals surface area contributed by atoms with Crippen LogP contribution in [0.5, 0.6) is 5.75 Å². The van der Waals surface area contributed by atoms with E-state index in [0.29, 0.717) is 29.2 Å². The molecule has 0 saturated carbocycles. The summed E-state index contributed by atoms with van der Waals surface area (Å²) >= 11 is 2.00. The highest BCUT2D eigenvalue weighted by atomic mass is 32.2. The van der Waals surface area contributed by atoms with Crippen molar-refractivity contribution in [2.75, 3.05) is 18.9 Å². The molecule has 1 amide bonds. The molecule has 2 aliphatic rings. The zero-order valence-electron chi connectivity index (χ0n) is 10.5. The van der Waals surface area contributed by atoms with E-state index in [0.717, 1.165) is 18.7 Å². The molecule has 2 unspecified atom stereocenters. The summed E-state index contributed by atoms with van der Waals surface area (Å²) in [5.41, 5.74) is 0.705. The van der Waals surface area contributed by atoms with Gasteiger partial charge < -0.3 is 9.64 Å². The Hall–Kier alpha value is -1.16. The zero-order valence-corrected chi connectivity index (χ0v) is 11.3. The summed E-state index contributed by atoms with van der Waals surface area (Å²) in [5, 5.41) is 0.651. The van der Waals surface area contributed by atoms with Crippen LogP contribution in [0.3, 0.4) is 0 Å². The Labute approximate surface area is 111 Å². The maximum absolute atomic E-state index is 12.6. The maximum Gasteiger partial charge on any atom is 0.257 e. The van der Waals surface area contributed by atoms with E-state index in [2.05, 4.69) is 0 Å². The summed E-state index contributed by atoms with van der Waals surface area (Å²) < 4.78 is 5.55. The van der Waals surface area contributed by atoms with Gasteiger partial charge in [0, 0.05) is 23.6 Å². The number of para-hydroxylation sites is 1. The molecule has 4 heteroatoms. The number of carbonyl (C=O) groups is 1. The van der Waals surface area contributed by atoms with E-state index in [1.165, 1.54) is 0 Å². The second-order valence-corrected chi connectivity index (χ2v) is 6.06. The molecule has 2 heterocycles. The summed E-state index contributed by atoms with van der Waals surface area (Å²) in [6.45, 7) is 3.43. The van der Waals surface area contributed by atoms with E-state index in [1.54, 1.807) is 0 Å². The molecule has 0 aromatic heterocycles. The van der Waals surface area contributed by atoms with Crippen molar-refractivity contribution >= 4 is 17.7 Å². The standard InChI is InChI=1S/C14H17NO2S/c1-2-17-13-6-4-3-5-12(13)14(16)15-8-11-7-10(15)9-18-11/h3-6,10-11H,2,7-9H2,1H3. The van der Waals surface area contributed by atoms with Crippen molar-refractivity contribution in [2.24, 2.45) is 0 Å². The van der Waals surface area contributed by atoms with Crippen molar-refractivity contribution in [3.63, 3.8) is 0 Å². The van der Waals surface area contributed by atoms with Gasteiger partial charge in [-0.3, -0.25) is 4.79 Å². The zero-order chi connectivity index (χ0) is 12.5. The molecule has 2 fully saturated rings. The number of hydrogen-bond acceptors (Lipinski definition) is 3. The average molecular weight is 263 g/mol. The van der Waals surface area contributed by atoms with Gasteiger partial charge in [-0.25, -0.2) is 0 Å². The van der Waals surface area contributed by atoms with Crippen LogP contribution in [0.15, 0.2) is 24.3 Å². The molecule has 96 valence electrons. The third-order valence-corrected chi connectivity index (χ3v) is 4.97. The van der Waals surface area contributed by atoms with Crippen LogP contribution >= 0.6 is 11.8 Å². The quantitative estimate of drug-likeness (QED) is 0.838. The van der Waals surface area contributed by atoms with Crippen LogP contribution in [0.2, 0.25) is 0 Å². The second kappa shape index (κ2) is 4.84. The van der Waals surface area contributed by atoms with Crippen molar-refractivity contribution in [1.82, 2.24) is 4.90 Å². The van der Waals surface area contributed by atoms with Gasteiger partial charge in [-0.2, -0.15) is 11.8 Å². The van der Waals surface area contributed by atoms with Crippen molar-refractivity contribution in [3.05, 3.63) is 29.8 Å². The lowest BCUT2D eigenvalue weighted by Crippen LogP contribution is -2.39. The Balaban J connectivity index is 1.84. The van der Waals surface area contributed by atoms with Crippen molar-refractivity contribution in [2.45, 2.75) is 24.6 Å². The van der Waals surface area contributed by atoms with Crippen LogP contribution in [0.25, 0.3) is 0 Å². The fourth-order valence-corrected chi connectivity index (χ4v) is 4.16. The Morgan fingerprint density at radius 1 is 1.50 bits per heavy atom. The number of nitrogens with zero attached hydrogens (tertiary/aromatic N) is 1. The number of ether oxygens (including phenoxy) is 1. The molecule has 2 bridgehead atoms. The molecule has 1 aromatic carbocycles. The molecule has 3 rings (SSSR count). The number of thioether (sulfide) groups is 1. The Kier molecular flexibility index (Phi) is 3.20. The number of hydrogen-bond donors (Lipinski definition) is 0. The molecule has 0 radical (unpaired) electrons. The third-order valence-electron chi connectivity index (χ3n) is 3.58. The highest BCUT2D eigenvalue weighted by molar-refractivity contribution is 8.00. The monoisotopic (exact) mass is 263 g/mol. The van der Waals surface area contributed by atoms with Gasteiger partial charge >= 0.3 is 0 Å². The lowest BCUT2D eigenvalue weighted by atomic mass is 10.1. The van der Waals surface area contributed by atoms with Crippen LogP contribution in [0.4, 0.5) is 0 Å². The van der Waals surface area contributed by atoms with Crippen LogP contribution in [0, 0.1) is 0 Å². The molecule has 18 heavy (non-hydrogen) atoms. The molecular formula is C14H17NO2S. The van der Waals surface area contributed by atoms with E-state index < -0.39 is 0 Å². The molecule has 0 spiro atoms.